The smallest absolute Gasteiger partial charge is 0.136 e. The SMILES string of the molecule is NC1=NC=CNC1N. The minimum atomic E-state index is -0.306. The summed E-state index contributed by atoms with van der Waals surface area (Å²) in [7, 11) is 0. The number of hydrogen-bond donors (Lipinski definition) is 3. The van der Waals surface area contributed by atoms with Crippen molar-refractivity contribution in [3.8, 4) is 0 Å². The van der Waals surface area contributed by atoms with Crippen molar-refractivity contribution in [2.45, 2.75) is 6.17 Å². The van der Waals surface area contributed by atoms with Gasteiger partial charge < -0.3 is 16.8 Å². The van der Waals surface area contributed by atoms with Crippen LogP contribution in [0.15, 0.2) is 17.4 Å². The molecule has 4 heteroatoms. The first-order chi connectivity index (χ1) is 3.80. The fourth-order valence-electron chi connectivity index (χ4n) is 0.436. The predicted molar refractivity (Wildman–Crippen MR) is 31.9 cm³/mol. The Balaban J connectivity index is 2.66. The minimum absolute atomic E-state index is 0.306. The van der Waals surface area contributed by atoms with Crippen LogP contribution >= 0.6 is 0 Å². The molecule has 0 fully saturated rings. The zero-order valence-electron chi connectivity index (χ0n) is 4.33. The second-order valence-corrected chi connectivity index (χ2v) is 1.51. The van der Waals surface area contributed by atoms with Gasteiger partial charge in [-0.25, -0.2) is 4.99 Å². The van der Waals surface area contributed by atoms with E-state index in [2.05, 4.69) is 10.3 Å². The van der Waals surface area contributed by atoms with E-state index in [0.29, 0.717) is 5.84 Å². The fraction of sp³-hybridized carbons (Fsp3) is 0.250. The summed E-state index contributed by atoms with van der Waals surface area (Å²) in [6.07, 6.45) is 2.92. The normalized spacial score (nSPS) is 26.6. The molecule has 1 aliphatic rings. The van der Waals surface area contributed by atoms with Crippen LogP contribution in [0.3, 0.4) is 0 Å². The van der Waals surface area contributed by atoms with E-state index in [0.717, 1.165) is 0 Å². The van der Waals surface area contributed by atoms with Crippen LogP contribution in [0.25, 0.3) is 0 Å². The average Bonchev–Trinajstić information content (AvgIpc) is 1.77. The van der Waals surface area contributed by atoms with Gasteiger partial charge in [0.25, 0.3) is 0 Å². The quantitative estimate of drug-likeness (QED) is 0.364. The number of amidine groups is 1. The highest BCUT2D eigenvalue weighted by atomic mass is 15.1. The lowest BCUT2D eigenvalue weighted by Gasteiger charge is -2.12. The van der Waals surface area contributed by atoms with Crippen LogP contribution < -0.4 is 16.8 Å². The molecule has 0 spiro atoms. The second kappa shape index (κ2) is 1.83. The molecule has 0 radical (unpaired) electrons. The summed E-state index contributed by atoms with van der Waals surface area (Å²) in [4.78, 5) is 3.74. The first kappa shape index (κ1) is 5.11. The van der Waals surface area contributed by atoms with E-state index in [4.69, 9.17) is 11.5 Å². The predicted octanol–water partition coefficient (Wildman–Crippen LogP) is -1.30. The fourth-order valence-corrected chi connectivity index (χ4v) is 0.436. The first-order valence-corrected chi connectivity index (χ1v) is 2.30. The summed E-state index contributed by atoms with van der Waals surface area (Å²) in [6.45, 7) is 0. The molecule has 0 saturated heterocycles. The van der Waals surface area contributed by atoms with E-state index < -0.39 is 0 Å². The Morgan fingerprint density at radius 2 is 2.50 bits per heavy atom. The van der Waals surface area contributed by atoms with Gasteiger partial charge >= 0.3 is 0 Å². The number of rotatable bonds is 0. The third-order valence-electron chi connectivity index (χ3n) is 0.893. The van der Waals surface area contributed by atoms with Gasteiger partial charge in [-0.2, -0.15) is 0 Å². The number of nitrogens with zero attached hydrogens (tertiary/aromatic N) is 1. The number of hydrogen-bond acceptors (Lipinski definition) is 4. The molecule has 1 rings (SSSR count). The average molecular weight is 112 g/mol. The van der Waals surface area contributed by atoms with Crippen molar-refractivity contribution in [3.05, 3.63) is 12.4 Å². The Bertz CT molecular complexity index is 137. The molecule has 1 aliphatic heterocycles. The molecule has 0 aromatic carbocycles. The molecule has 0 bridgehead atoms. The van der Waals surface area contributed by atoms with Crippen molar-refractivity contribution in [1.29, 1.82) is 0 Å². The summed E-state index contributed by atoms with van der Waals surface area (Å²) in [5.41, 5.74) is 10.6. The van der Waals surface area contributed by atoms with Gasteiger partial charge in [-0.05, 0) is 0 Å². The topological polar surface area (TPSA) is 76.4 Å². The Morgan fingerprint density at radius 1 is 1.75 bits per heavy atom. The van der Waals surface area contributed by atoms with Crippen LogP contribution in [0.1, 0.15) is 0 Å². The maximum atomic E-state index is 5.36. The lowest BCUT2D eigenvalue weighted by Crippen LogP contribution is -2.47. The minimum Gasteiger partial charge on any atom is -0.384 e. The lowest BCUT2D eigenvalue weighted by molar-refractivity contribution is 0.751. The number of aliphatic imine (C=N–C) groups is 1. The molecule has 5 N–H and O–H groups in total. The standard InChI is InChI=1S/C4H8N4/c5-3-4(6)8-2-1-7-3/h1-3,7H,5H2,(H2,6,8). The summed E-state index contributed by atoms with van der Waals surface area (Å²) in [5, 5.41) is 2.77. The molecule has 1 unspecified atom stereocenters. The highest BCUT2D eigenvalue weighted by Crippen LogP contribution is 1.83. The molecule has 0 aromatic rings. The zero-order valence-corrected chi connectivity index (χ0v) is 4.33. The van der Waals surface area contributed by atoms with Gasteiger partial charge in [-0.1, -0.05) is 0 Å². The first-order valence-electron chi connectivity index (χ1n) is 2.30. The van der Waals surface area contributed by atoms with Crippen molar-refractivity contribution in [3.63, 3.8) is 0 Å². The lowest BCUT2D eigenvalue weighted by atomic mass is 10.4. The van der Waals surface area contributed by atoms with Gasteiger partial charge in [0.05, 0.1) is 0 Å². The molecule has 0 aromatic heterocycles. The van der Waals surface area contributed by atoms with Crippen LogP contribution in [-0.2, 0) is 0 Å². The van der Waals surface area contributed by atoms with Crippen molar-refractivity contribution in [2.75, 3.05) is 0 Å². The number of nitrogens with one attached hydrogen (secondary N) is 1. The Morgan fingerprint density at radius 3 is 2.88 bits per heavy atom. The monoisotopic (exact) mass is 112 g/mol. The van der Waals surface area contributed by atoms with Crippen LogP contribution in [-0.4, -0.2) is 12.0 Å². The molecule has 0 amide bonds. The van der Waals surface area contributed by atoms with E-state index in [1.165, 1.54) is 0 Å². The van der Waals surface area contributed by atoms with Gasteiger partial charge in [0.1, 0.15) is 12.0 Å². The Kier molecular flexibility index (Phi) is 1.17. The van der Waals surface area contributed by atoms with Crippen molar-refractivity contribution < 1.29 is 0 Å². The molecular weight excluding hydrogens is 104 g/mol. The van der Waals surface area contributed by atoms with E-state index in [1.807, 2.05) is 0 Å². The van der Waals surface area contributed by atoms with Crippen LogP contribution in [0.2, 0.25) is 0 Å². The third kappa shape index (κ3) is 0.788. The van der Waals surface area contributed by atoms with Gasteiger partial charge in [0.2, 0.25) is 0 Å². The van der Waals surface area contributed by atoms with Gasteiger partial charge in [0.15, 0.2) is 0 Å². The van der Waals surface area contributed by atoms with E-state index in [-0.39, 0.29) is 6.17 Å². The second-order valence-electron chi connectivity index (χ2n) is 1.51. The maximum absolute atomic E-state index is 5.36. The summed E-state index contributed by atoms with van der Waals surface area (Å²) in [6, 6.07) is 0. The zero-order chi connectivity index (χ0) is 5.98. The number of nitrogens with two attached hydrogens (primary N) is 2. The molecule has 1 heterocycles. The summed E-state index contributed by atoms with van der Waals surface area (Å²) >= 11 is 0. The van der Waals surface area contributed by atoms with Crippen LogP contribution in [0.5, 0.6) is 0 Å². The summed E-state index contributed by atoms with van der Waals surface area (Å²) < 4.78 is 0. The van der Waals surface area contributed by atoms with Gasteiger partial charge in [-0.15, -0.1) is 0 Å². The Hall–Kier alpha value is -1.03. The third-order valence-corrected chi connectivity index (χ3v) is 0.893. The molecule has 4 nitrogen and oxygen atoms in total. The van der Waals surface area contributed by atoms with E-state index in [1.54, 1.807) is 12.4 Å². The van der Waals surface area contributed by atoms with E-state index in [9.17, 15) is 0 Å². The highest BCUT2D eigenvalue weighted by Gasteiger charge is 2.04. The van der Waals surface area contributed by atoms with Crippen molar-refractivity contribution in [2.24, 2.45) is 16.5 Å². The van der Waals surface area contributed by atoms with Crippen molar-refractivity contribution in [1.82, 2.24) is 5.32 Å². The molecule has 1 atom stereocenters. The highest BCUT2D eigenvalue weighted by molar-refractivity contribution is 5.86. The molecular formula is C4H8N4. The molecule has 44 valence electrons. The molecule has 0 saturated carbocycles. The summed E-state index contributed by atoms with van der Waals surface area (Å²) in [5.74, 6) is 0.424. The van der Waals surface area contributed by atoms with Gasteiger partial charge in [0, 0.05) is 12.4 Å². The van der Waals surface area contributed by atoms with Crippen LogP contribution in [0, 0.1) is 0 Å². The van der Waals surface area contributed by atoms with Crippen LogP contribution in [0.4, 0.5) is 0 Å². The largest absolute Gasteiger partial charge is 0.384 e. The maximum Gasteiger partial charge on any atom is 0.136 e. The van der Waals surface area contributed by atoms with Gasteiger partial charge in [-0.3, -0.25) is 0 Å². The van der Waals surface area contributed by atoms with Crippen molar-refractivity contribution >= 4 is 5.84 Å². The molecule has 8 heavy (non-hydrogen) atoms. The Labute approximate surface area is 47.3 Å². The van der Waals surface area contributed by atoms with E-state index >= 15 is 0 Å². The molecule has 0 aliphatic carbocycles.